The van der Waals surface area contributed by atoms with Gasteiger partial charge in [0.25, 0.3) is 0 Å². The van der Waals surface area contributed by atoms with Crippen LogP contribution in [-0.4, -0.2) is 36.1 Å². The Balaban J connectivity index is -0.000000320. The zero-order valence-corrected chi connectivity index (χ0v) is 7.72. The van der Waals surface area contributed by atoms with Crippen molar-refractivity contribution >= 4 is 0 Å². The van der Waals surface area contributed by atoms with E-state index in [0.717, 1.165) is 0 Å². The van der Waals surface area contributed by atoms with Gasteiger partial charge in [-0.2, -0.15) is 0 Å². The number of nitrogens with zero attached hydrogens (tertiary/aromatic N) is 1. The van der Waals surface area contributed by atoms with Gasteiger partial charge in [-0.3, -0.25) is 0 Å². The molecule has 0 fully saturated rings. The lowest BCUT2D eigenvalue weighted by Gasteiger charge is -2.34. The summed E-state index contributed by atoms with van der Waals surface area (Å²) in [5.74, 6) is 0. The van der Waals surface area contributed by atoms with Crippen molar-refractivity contribution in [3.63, 3.8) is 0 Å². The molecule has 0 radical (unpaired) electrons. The van der Waals surface area contributed by atoms with E-state index in [9.17, 15) is 0 Å². The second-order valence-electron chi connectivity index (χ2n) is 2.61. The van der Waals surface area contributed by atoms with E-state index in [2.05, 4.69) is 27.7 Å². The van der Waals surface area contributed by atoms with E-state index < -0.39 is 0 Å². The second-order valence-corrected chi connectivity index (χ2v) is 2.61. The predicted octanol–water partition coefficient (Wildman–Crippen LogP) is 2.34. The van der Waals surface area contributed by atoms with Crippen molar-refractivity contribution in [2.24, 2.45) is 0 Å². The van der Waals surface area contributed by atoms with Gasteiger partial charge in [-0.15, -0.1) is 0 Å². The largest absolute Gasteiger partial charge is 0.870 e. The number of hydrogen-bond donors (Lipinski definition) is 0. The highest BCUT2D eigenvalue weighted by Gasteiger charge is 2.16. The van der Waals surface area contributed by atoms with Crippen molar-refractivity contribution < 1.29 is 9.96 Å². The van der Waals surface area contributed by atoms with Crippen LogP contribution < -0.4 is 0 Å². The molecule has 1 N–H and O–H groups in total. The lowest BCUT2D eigenvalue weighted by atomic mass is 10.3. The monoisotopic (exact) mass is 163 g/mol. The summed E-state index contributed by atoms with van der Waals surface area (Å²) < 4.78 is 1.28. The molecule has 0 aliphatic rings. The molecule has 0 aliphatic carbocycles. The van der Waals surface area contributed by atoms with Gasteiger partial charge in [-0.25, -0.2) is 0 Å². The Morgan fingerprint density at radius 2 is 0.909 bits per heavy atom. The Bertz CT molecular complexity index is 52.5. The fraction of sp³-hybridized carbons (Fsp3) is 1.00. The molecule has 0 heterocycles. The third-order valence-corrected chi connectivity index (χ3v) is 2.68. The summed E-state index contributed by atoms with van der Waals surface area (Å²) in [6.07, 6.45) is 0. The first-order chi connectivity index (χ1) is 4.24. The highest BCUT2D eigenvalue weighted by Crippen LogP contribution is 2.03. The molecule has 0 saturated carbocycles. The molecule has 72 valence electrons. The lowest BCUT2D eigenvalue weighted by molar-refractivity contribution is -0.921. The second kappa shape index (κ2) is 8.02. The standard InChI is InChI=1S/C8H20N.CH4.H2O/c1-5-9(6-2,7-3)8-4;;/h5-8H2,1-4H3;1H4;1H2/q+1;;/p-1. The van der Waals surface area contributed by atoms with Gasteiger partial charge in [0, 0.05) is 0 Å². The Morgan fingerprint density at radius 1 is 0.727 bits per heavy atom. The van der Waals surface area contributed by atoms with Crippen molar-refractivity contribution in [1.29, 1.82) is 0 Å². The number of quaternary nitrogens is 1. The molecule has 0 unspecified atom stereocenters. The maximum absolute atomic E-state index is 2.27. The van der Waals surface area contributed by atoms with Crippen molar-refractivity contribution in [1.82, 2.24) is 0 Å². The minimum atomic E-state index is 0. The minimum Gasteiger partial charge on any atom is -0.870 e. The third-order valence-electron chi connectivity index (χ3n) is 2.68. The summed E-state index contributed by atoms with van der Waals surface area (Å²) in [7, 11) is 0. The van der Waals surface area contributed by atoms with Gasteiger partial charge in [-0.1, -0.05) is 7.43 Å². The molecule has 0 atom stereocenters. The molecule has 2 nitrogen and oxygen atoms in total. The topological polar surface area (TPSA) is 30.0 Å². The molecular weight excluding hydrogens is 138 g/mol. The quantitative estimate of drug-likeness (QED) is 0.585. The summed E-state index contributed by atoms with van der Waals surface area (Å²) in [5.41, 5.74) is 0. The molecule has 0 spiro atoms. The average molecular weight is 163 g/mol. The van der Waals surface area contributed by atoms with Crippen LogP contribution in [-0.2, 0) is 0 Å². The Labute approximate surface area is 72.1 Å². The molecule has 0 bridgehead atoms. The lowest BCUT2D eigenvalue weighted by Crippen LogP contribution is -2.47. The first-order valence-electron chi connectivity index (χ1n) is 4.09. The van der Waals surface area contributed by atoms with E-state index in [1.807, 2.05) is 0 Å². The summed E-state index contributed by atoms with van der Waals surface area (Å²) >= 11 is 0. The van der Waals surface area contributed by atoms with Crippen LogP contribution in [0.25, 0.3) is 0 Å². The van der Waals surface area contributed by atoms with Gasteiger partial charge in [0.05, 0.1) is 26.2 Å². The van der Waals surface area contributed by atoms with Crippen molar-refractivity contribution in [2.75, 3.05) is 26.2 Å². The summed E-state index contributed by atoms with van der Waals surface area (Å²) in [5, 5.41) is 0. The molecular formula is C9H25NO. The van der Waals surface area contributed by atoms with Gasteiger partial charge in [0.15, 0.2) is 0 Å². The summed E-state index contributed by atoms with van der Waals surface area (Å²) in [4.78, 5) is 0. The molecule has 0 amide bonds. The van der Waals surface area contributed by atoms with Crippen LogP contribution in [0.5, 0.6) is 0 Å². The molecule has 0 saturated heterocycles. The zero-order chi connectivity index (χ0) is 7.33. The number of rotatable bonds is 4. The fourth-order valence-electron chi connectivity index (χ4n) is 1.34. The van der Waals surface area contributed by atoms with E-state index in [4.69, 9.17) is 0 Å². The van der Waals surface area contributed by atoms with Gasteiger partial charge < -0.3 is 9.96 Å². The smallest absolute Gasteiger partial charge is 0.0757 e. The van der Waals surface area contributed by atoms with Crippen molar-refractivity contribution in [3.05, 3.63) is 0 Å². The van der Waals surface area contributed by atoms with E-state index in [1.54, 1.807) is 0 Å². The third kappa shape index (κ3) is 4.38. The van der Waals surface area contributed by atoms with E-state index >= 15 is 0 Å². The maximum atomic E-state index is 2.27. The van der Waals surface area contributed by atoms with E-state index in [1.165, 1.54) is 30.7 Å². The molecule has 0 aromatic rings. The van der Waals surface area contributed by atoms with Crippen LogP contribution in [0.1, 0.15) is 35.1 Å². The van der Waals surface area contributed by atoms with Crippen molar-refractivity contribution in [3.8, 4) is 0 Å². The van der Waals surface area contributed by atoms with Crippen LogP contribution in [0, 0.1) is 0 Å². The highest BCUT2D eigenvalue weighted by atomic mass is 16.0. The normalized spacial score (nSPS) is 9.82. The van der Waals surface area contributed by atoms with Crippen LogP contribution in [0.15, 0.2) is 0 Å². The number of hydrogen-bond acceptors (Lipinski definition) is 1. The molecule has 11 heavy (non-hydrogen) atoms. The van der Waals surface area contributed by atoms with Gasteiger partial charge >= 0.3 is 0 Å². The zero-order valence-electron chi connectivity index (χ0n) is 7.72. The van der Waals surface area contributed by atoms with Crippen LogP contribution in [0.4, 0.5) is 0 Å². The first kappa shape index (κ1) is 17.1. The van der Waals surface area contributed by atoms with Gasteiger partial charge in [0.2, 0.25) is 0 Å². The molecule has 2 heteroatoms. The molecule has 0 aliphatic heterocycles. The fourth-order valence-corrected chi connectivity index (χ4v) is 1.34. The first-order valence-corrected chi connectivity index (χ1v) is 4.09. The summed E-state index contributed by atoms with van der Waals surface area (Å²) in [6, 6.07) is 0. The SMILES string of the molecule is C.CC[N+](CC)(CC)CC.[OH-]. The van der Waals surface area contributed by atoms with Crippen molar-refractivity contribution in [2.45, 2.75) is 35.1 Å². The molecule has 0 aromatic carbocycles. The van der Waals surface area contributed by atoms with Crippen LogP contribution in [0.3, 0.4) is 0 Å². The van der Waals surface area contributed by atoms with E-state index in [0.29, 0.717) is 0 Å². The Kier molecular flexibility index (Phi) is 12.5. The average Bonchev–Trinajstić information content (AvgIpc) is 1.95. The van der Waals surface area contributed by atoms with Gasteiger partial charge in [-0.05, 0) is 27.7 Å². The predicted molar refractivity (Wildman–Crippen MR) is 51.1 cm³/mol. The maximum Gasteiger partial charge on any atom is 0.0757 e. The highest BCUT2D eigenvalue weighted by molar-refractivity contribution is 4.31. The Hall–Kier alpha value is -0.0800. The molecule has 0 rings (SSSR count). The minimum absolute atomic E-state index is 0. The van der Waals surface area contributed by atoms with Gasteiger partial charge in [0.1, 0.15) is 0 Å². The van der Waals surface area contributed by atoms with Crippen LogP contribution in [0.2, 0.25) is 0 Å². The summed E-state index contributed by atoms with van der Waals surface area (Å²) in [6.45, 7) is 14.2. The van der Waals surface area contributed by atoms with Crippen LogP contribution >= 0.6 is 0 Å². The molecule has 0 aromatic heterocycles. The van der Waals surface area contributed by atoms with E-state index in [-0.39, 0.29) is 12.9 Å². The Morgan fingerprint density at radius 3 is 0.909 bits per heavy atom.